The van der Waals surface area contributed by atoms with Crippen LogP contribution in [0.15, 0.2) is 12.4 Å². The SMILES string of the molecule is CC(C)C1(CNC(=O)[C@H]2CNC[C@@H]2c2cnn(C)c2)CC1.Cl. The van der Waals surface area contributed by atoms with Crippen molar-refractivity contribution in [3.05, 3.63) is 18.0 Å². The zero-order valence-electron chi connectivity index (χ0n) is 13.6. The minimum Gasteiger partial charge on any atom is -0.355 e. The molecule has 5 nitrogen and oxygen atoms in total. The maximum absolute atomic E-state index is 12.6. The van der Waals surface area contributed by atoms with Crippen molar-refractivity contribution in [1.82, 2.24) is 20.4 Å². The van der Waals surface area contributed by atoms with Gasteiger partial charge in [0.2, 0.25) is 5.91 Å². The first kappa shape index (κ1) is 17.3. The van der Waals surface area contributed by atoms with Crippen LogP contribution in [0, 0.1) is 17.3 Å². The molecule has 1 aromatic rings. The highest BCUT2D eigenvalue weighted by molar-refractivity contribution is 5.85. The number of nitrogens with zero attached hydrogens (tertiary/aromatic N) is 2. The number of hydrogen-bond acceptors (Lipinski definition) is 3. The summed E-state index contributed by atoms with van der Waals surface area (Å²) in [4.78, 5) is 12.6. The van der Waals surface area contributed by atoms with Crippen molar-refractivity contribution in [2.24, 2.45) is 24.3 Å². The second-order valence-electron chi connectivity index (χ2n) is 7.05. The maximum atomic E-state index is 12.6. The predicted octanol–water partition coefficient (Wildman–Crippen LogP) is 1.70. The summed E-state index contributed by atoms with van der Waals surface area (Å²) in [6.07, 6.45) is 6.41. The van der Waals surface area contributed by atoms with Gasteiger partial charge in [0.05, 0.1) is 12.1 Å². The second kappa shape index (κ2) is 6.59. The Labute approximate surface area is 138 Å². The lowest BCUT2D eigenvalue weighted by molar-refractivity contribution is -0.125. The van der Waals surface area contributed by atoms with Crippen LogP contribution in [0.4, 0.5) is 0 Å². The van der Waals surface area contributed by atoms with Crippen LogP contribution in [0.1, 0.15) is 38.2 Å². The maximum Gasteiger partial charge on any atom is 0.225 e. The smallest absolute Gasteiger partial charge is 0.225 e. The molecular weight excluding hydrogens is 300 g/mol. The van der Waals surface area contributed by atoms with Crippen LogP contribution in [0.5, 0.6) is 0 Å². The molecule has 124 valence electrons. The van der Waals surface area contributed by atoms with Crippen LogP contribution >= 0.6 is 12.4 Å². The summed E-state index contributed by atoms with van der Waals surface area (Å²) in [5.41, 5.74) is 1.53. The molecule has 0 radical (unpaired) electrons. The van der Waals surface area contributed by atoms with Crippen LogP contribution in [0.25, 0.3) is 0 Å². The number of rotatable bonds is 5. The van der Waals surface area contributed by atoms with Crippen molar-refractivity contribution in [3.63, 3.8) is 0 Å². The first-order valence-electron chi connectivity index (χ1n) is 7.99. The first-order valence-corrected chi connectivity index (χ1v) is 7.99. The Morgan fingerprint density at radius 2 is 2.23 bits per heavy atom. The molecule has 2 N–H and O–H groups in total. The summed E-state index contributed by atoms with van der Waals surface area (Å²) in [6.45, 7) is 6.97. The monoisotopic (exact) mass is 326 g/mol. The van der Waals surface area contributed by atoms with Gasteiger partial charge >= 0.3 is 0 Å². The molecule has 1 amide bonds. The highest BCUT2D eigenvalue weighted by Gasteiger charge is 2.46. The fourth-order valence-electron chi connectivity index (χ4n) is 3.45. The van der Waals surface area contributed by atoms with E-state index in [9.17, 15) is 4.79 Å². The molecule has 2 atom stereocenters. The molecule has 2 fully saturated rings. The number of aryl methyl sites for hydroxylation is 1. The van der Waals surface area contributed by atoms with Gasteiger partial charge in [-0.3, -0.25) is 9.48 Å². The average molecular weight is 327 g/mol. The number of halogens is 1. The highest BCUT2D eigenvalue weighted by Crippen LogP contribution is 2.51. The van der Waals surface area contributed by atoms with E-state index in [0.29, 0.717) is 11.3 Å². The van der Waals surface area contributed by atoms with E-state index in [0.717, 1.165) is 25.2 Å². The predicted molar refractivity (Wildman–Crippen MR) is 89.1 cm³/mol. The average Bonchev–Trinajstić information content (AvgIpc) is 2.88. The largest absolute Gasteiger partial charge is 0.355 e. The lowest BCUT2D eigenvalue weighted by atomic mass is 9.89. The third kappa shape index (κ3) is 3.30. The molecule has 1 aliphatic carbocycles. The molecule has 3 rings (SSSR count). The molecule has 1 aliphatic heterocycles. The van der Waals surface area contributed by atoms with E-state index in [2.05, 4.69) is 29.6 Å². The van der Waals surface area contributed by atoms with Crippen LogP contribution in [0.3, 0.4) is 0 Å². The quantitative estimate of drug-likeness (QED) is 0.866. The number of carbonyl (C=O) groups excluding carboxylic acids is 1. The fraction of sp³-hybridized carbons (Fsp3) is 0.750. The van der Waals surface area contributed by atoms with Crippen LogP contribution < -0.4 is 10.6 Å². The van der Waals surface area contributed by atoms with E-state index < -0.39 is 0 Å². The van der Waals surface area contributed by atoms with Gasteiger partial charge in [0.25, 0.3) is 0 Å². The molecule has 2 heterocycles. The molecular formula is C16H27ClN4O. The fourth-order valence-corrected chi connectivity index (χ4v) is 3.45. The van der Waals surface area contributed by atoms with E-state index >= 15 is 0 Å². The van der Waals surface area contributed by atoms with E-state index in [1.165, 1.54) is 12.8 Å². The van der Waals surface area contributed by atoms with Crippen LogP contribution in [0.2, 0.25) is 0 Å². The Bertz CT molecular complexity index is 524. The van der Waals surface area contributed by atoms with Gasteiger partial charge in [-0.2, -0.15) is 5.10 Å². The molecule has 0 unspecified atom stereocenters. The van der Waals surface area contributed by atoms with Gasteiger partial charge in [0.1, 0.15) is 0 Å². The lowest BCUT2D eigenvalue weighted by Gasteiger charge is -2.23. The number of nitrogens with one attached hydrogen (secondary N) is 2. The molecule has 22 heavy (non-hydrogen) atoms. The molecule has 1 aromatic heterocycles. The zero-order valence-corrected chi connectivity index (χ0v) is 14.4. The van der Waals surface area contributed by atoms with Crippen molar-refractivity contribution < 1.29 is 4.79 Å². The molecule has 0 bridgehead atoms. The van der Waals surface area contributed by atoms with Crippen molar-refractivity contribution in [2.75, 3.05) is 19.6 Å². The minimum atomic E-state index is 0. The Morgan fingerprint density at radius 1 is 1.50 bits per heavy atom. The Morgan fingerprint density at radius 3 is 2.77 bits per heavy atom. The Hall–Kier alpha value is -1.07. The minimum absolute atomic E-state index is 0. The third-order valence-electron chi connectivity index (χ3n) is 5.44. The summed E-state index contributed by atoms with van der Waals surface area (Å²) < 4.78 is 1.81. The number of aromatic nitrogens is 2. The number of amides is 1. The second-order valence-corrected chi connectivity index (χ2v) is 7.05. The van der Waals surface area contributed by atoms with E-state index in [4.69, 9.17) is 0 Å². The summed E-state index contributed by atoms with van der Waals surface area (Å²) >= 11 is 0. The molecule has 6 heteroatoms. The molecule has 0 spiro atoms. The van der Waals surface area contributed by atoms with Crippen LogP contribution in [-0.4, -0.2) is 35.3 Å². The van der Waals surface area contributed by atoms with E-state index in [1.807, 2.05) is 19.4 Å². The van der Waals surface area contributed by atoms with Gasteiger partial charge in [-0.05, 0) is 29.7 Å². The molecule has 0 aromatic carbocycles. The van der Waals surface area contributed by atoms with Gasteiger partial charge in [-0.25, -0.2) is 0 Å². The summed E-state index contributed by atoms with van der Waals surface area (Å²) in [7, 11) is 1.92. The van der Waals surface area contributed by atoms with E-state index in [1.54, 1.807) is 4.68 Å². The van der Waals surface area contributed by atoms with Crippen LogP contribution in [-0.2, 0) is 11.8 Å². The van der Waals surface area contributed by atoms with Gasteiger partial charge in [0.15, 0.2) is 0 Å². The van der Waals surface area contributed by atoms with Crippen molar-refractivity contribution in [1.29, 1.82) is 0 Å². The highest BCUT2D eigenvalue weighted by atomic mass is 35.5. The first-order chi connectivity index (χ1) is 10.0. The molecule has 1 saturated heterocycles. The summed E-state index contributed by atoms with van der Waals surface area (Å²) in [5, 5.41) is 10.8. The van der Waals surface area contributed by atoms with Crippen molar-refractivity contribution in [3.8, 4) is 0 Å². The van der Waals surface area contributed by atoms with Gasteiger partial charge in [-0.1, -0.05) is 13.8 Å². The lowest BCUT2D eigenvalue weighted by Crippen LogP contribution is -2.38. The third-order valence-corrected chi connectivity index (χ3v) is 5.44. The Balaban J connectivity index is 0.00000176. The van der Waals surface area contributed by atoms with Gasteiger partial charge in [-0.15, -0.1) is 12.4 Å². The summed E-state index contributed by atoms with van der Waals surface area (Å²) in [6, 6.07) is 0. The Kier molecular flexibility index (Phi) is 5.17. The standard InChI is InChI=1S/C16H26N4O.ClH/c1-11(2)16(4-5-16)10-18-15(21)14-8-17-7-13(14)12-6-19-20(3)9-12;/h6,9,11,13-14,17H,4-5,7-8,10H2,1-3H3,(H,18,21);1H/t13-,14+;/m1./s1. The topological polar surface area (TPSA) is 59.0 Å². The van der Waals surface area contributed by atoms with E-state index in [-0.39, 0.29) is 30.2 Å². The van der Waals surface area contributed by atoms with Crippen molar-refractivity contribution >= 4 is 18.3 Å². The zero-order chi connectivity index (χ0) is 15.0. The molecule has 1 saturated carbocycles. The van der Waals surface area contributed by atoms with Gasteiger partial charge in [0, 0.05) is 38.8 Å². The summed E-state index contributed by atoms with van der Waals surface area (Å²) in [5.74, 6) is 1.11. The normalized spacial score (nSPS) is 25.8. The number of hydrogen-bond donors (Lipinski definition) is 2. The molecule has 2 aliphatic rings. The number of carbonyl (C=O) groups is 1. The van der Waals surface area contributed by atoms with Gasteiger partial charge < -0.3 is 10.6 Å². The van der Waals surface area contributed by atoms with Crippen molar-refractivity contribution in [2.45, 2.75) is 32.6 Å².